The Morgan fingerprint density at radius 1 is 1.12 bits per heavy atom. The molecule has 0 bridgehead atoms. The average molecular weight is 507 g/mol. The maximum absolute atomic E-state index is 12.6. The van der Waals surface area contributed by atoms with E-state index in [1.54, 1.807) is 17.8 Å². The summed E-state index contributed by atoms with van der Waals surface area (Å²) in [4.78, 5) is 31.5. The highest BCUT2D eigenvalue weighted by Crippen LogP contribution is 2.17. The number of hydrogen-bond acceptors (Lipinski definition) is 5. The van der Waals surface area contributed by atoms with E-state index in [2.05, 4.69) is 48.6 Å². The number of hydrogen-bond donors (Lipinski definition) is 2. The quantitative estimate of drug-likeness (QED) is 0.279. The number of H-pyrrole nitrogens is 1. The van der Waals surface area contributed by atoms with Crippen LogP contribution in [0, 0.1) is 0 Å². The van der Waals surface area contributed by atoms with Crippen molar-refractivity contribution in [1.82, 2.24) is 19.1 Å². The first-order valence-electron chi connectivity index (χ1n) is 10.5. The Morgan fingerprint density at radius 3 is 2.55 bits per heavy atom. The summed E-state index contributed by atoms with van der Waals surface area (Å²) in [7, 11) is 1.58. The number of halogens is 1. The first-order chi connectivity index (χ1) is 16.0. The first kappa shape index (κ1) is 22.5. The van der Waals surface area contributed by atoms with E-state index in [-0.39, 0.29) is 0 Å². The van der Waals surface area contributed by atoms with Gasteiger partial charge in [-0.25, -0.2) is 10.2 Å². The number of aryl methyl sites for hydroxylation is 3. The number of anilines is 1. The van der Waals surface area contributed by atoms with Crippen LogP contribution in [0.3, 0.4) is 0 Å². The number of aromatic nitrogens is 4. The van der Waals surface area contributed by atoms with Crippen LogP contribution in [0.25, 0.3) is 17.2 Å². The molecule has 0 saturated carbocycles. The molecular formula is C24H23BrN6O2. The predicted molar refractivity (Wildman–Crippen MR) is 136 cm³/mol. The van der Waals surface area contributed by atoms with E-state index in [1.807, 2.05) is 54.6 Å². The maximum Gasteiger partial charge on any atom is 0.329 e. The van der Waals surface area contributed by atoms with Crippen molar-refractivity contribution in [2.75, 3.05) is 5.43 Å². The van der Waals surface area contributed by atoms with Crippen molar-refractivity contribution >= 4 is 45.3 Å². The number of nitrogens with one attached hydrogen (secondary N) is 2. The van der Waals surface area contributed by atoms with Crippen LogP contribution in [0.5, 0.6) is 0 Å². The second-order valence-electron chi connectivity index (χ2n) is 7.48. The molecule has 0 amide bonds. The van der Waals surface area contributed by atoms with E-state index in [9.17, 15) is 9.59 Å². The molecule has 0 spiro atoms. The lowest BCUT2D eigenvalue weighted by Crippen LogP contribution is -2.29. The molecule has 4 rings (SSSR count). The summed E-state index contributed by atoms with van der Waals surface area (Å²) >= 11 is 3.49. The van der Waals surface area contributed by atoms with Gasteiger partial charge in [0.2, 0.25) is 5.95 Å². The summed E-state index contributed by atoms with van der Waals surface area (Å²) in [6.45, 7) is 0.533. The van der Waals surface area contributed by atoms with Gasteiger partial charge in [0.05, 0.1) is 6.21 Å². The van der Waals surface area contributed by atoms with Crippen LogP contribution in [0.4, 0.5) is 5.95 Å². The molecule has 0 aliphatic rings. The summed E-state index contributed by atoms with van der Waals surface area (Å²) in [6.07, 6.45) is 5.18. The number of aromatic amines is 1. The fourth-order valence-corrected chi connectivity index (χ4v) is 3.89. The van der Waals surface area contributed by atoms with Crippen LogP contribution in [-0.2, 0) is 20.0 Å². The minimum Gasteiger partial charge on any atom is -0.303 e. The molecule has 0 aliphatic heterocycles. The van der Waals surface area contributed by atoms with Crippen molar-refractivity contribution in [3.05, 3.63) is 97.1 Å². The second kappa shape index (κ2) is 10.3. The minimum absolute atomic E-state index is 0.306. The van der Waals surface area contributed by atoms with Crippen LogP contribution in [-0.4, -0.2) is 25.3 Å². The van der Waals surface area contributed by atoms with Crippen molar-refractivity contribution in [1.29, 1.82) is 0 Å². The zero-order chi connectivity index (χ0) is 23.2. The van der Waals surface area contributed by atoms with E-state index in [0.717, 1.165) is 22.9 Å². The Labute approximate surface area is 198 Å². The van der Waals surface area contributed by atoms with Crippen molar-refractivity contribution in [3.8, 4) is 0 Å². The van der Waals surface area contributed by atoms with Gasteiger partial charge >= 0.3 is 5.69 Å². The maximum atomic E-state index is 12.6. The highest BCUT2D eigenvalue weighted by molar-refractivity contribution is 9.12. The van der Waals surface area contributed by atoms with Crippen molar-refractivity contribution in [2.45, 2.75) is 19.4 Å². The molecule has 4 aromatic rings. The standard InChI is InChI=1S/C24H23BrN6O2/c1-30-21-20(22(32)28-24(30)33)31(14-8-13-17-9-4-2-5-10-17)23(27-21)29-26-16-19(25)15-18-11-6-3-7-12-18/h2-7,9-12,15-16H,8,13-14H2,1H3,(H,27,29)(H,28,32,33)/b19-15-,26-16-. The minimum atomic E-state index is -0.509. The van der Waals surface area contributed by atoms with Gasteiger partial charge in [0, 0.05) is 18.1 Å². The number of rotatable bonds is 8. The molecule has 8 nitrogen and oxygen atoms in total. The van der Waals surface area contributed by atoms with Crippen LogP contribution < -0.4 is 16.7 Å². The smallest absolute Gasteiger partial charge is 0.303 e. The molecule has 0 radical (unpaired) electrons. The normalized spacial score (nSPS) is 12.0. The van der Waals surface area contributed by atoms with Gasteiger partial charge in [-0.2, -0.15) is 10.1 Å². The third-order valence-corrected chi connectivity index (χ3v) is 5.59. The molecule has 0 atom stereocenters. The molecule has 168 valence electrons. The van der Waals surface area contributed by atoms with Crippen molar-refractivity contribution in [2.24, 2.45) is 12.1 Å². The van der Waals surface area contributed by atoms with Gasteiger partial charge in [-0.05, 0) is 46.0 Å². The van der Waals surface area contributed by atoms with Crippen LogP contribution in [0.2, 0.25) is 0 Å². The molecular weight excluding hydrogens is 484 g/mol. The molecule has 9 heteroatoms. The molecule has 2 heterocycles. The molecule has 2 aromatic heterocycles. The number of allylic oxidation sites excluding steroid dienone is 1. The first-order valence-corrected chi connectivity index (χ1v) is 11.3. The van der Waals surface area contributed by atoms with Crippen LogP contribution in [0.1, 0.15) is 17.5 Å². The number of nitrogens with zero attached hydrogens (tertiary/aromatic N) is 4. The lowest BCUT2D eigenvalue weighted by Gasteiger charge is -2.08. The SMILES string of the molecule is Cn1c(=O)[nH]c(=O)c2c1nc(N/N=C\C(Br)=C\c1ccccc1)n2CCCc1ccccc1. The Bertz CT molecular complexity index is 1420. The molecule has 0 fully saturated rings. The average Bonchev–Trinajstić information content (AvgIpc) is 3.18. The zero-order valence-electron chi connectivity index (χ0n) is 18.0. The Morgan fingerprint density at radius 2 is 1.82 bits per heavy atom. The monoisotopic (exact) mass is 506 g/mol. The van der Waals surface area contributed by atoms with Crippen LogP contribution >= 0.6 is 15.9 Å². The molecule has 0 saturated heterocycles. The van der Waals surface area contributed by atoms with Gasteiger partial charge in [0.1, 0.15) is 0 Å². The van der Waals surface area contributed by atoms with E-state index >= 15 is 0 Å². The predicted octanol–water partition coefficient (Wildman–Crippen LogP) is 3.89. The largest absolute Gasteiger partial charge is 0.329 e. The molecule has 0 aliphatic carbocycles. The summed E-state index contributed by atoms with van der Waals surface area (Å²) in [5.41, 5.74) is 4.83. The summed E-state index contributed by atoms with van der Waals surface area (Å²) in [5.74, 6) is 0.390. The van der Waals surface area contributed by atoms with E-state index in [4.69, 9.17) is 0 Å². The fourth-order valence-electron chi connectivity index (χ4n) is 3.52. The third-order valence-electron chi connectivity index (χ3n) is 5.15. The van der Waals surface area contributed by atoms with E-state index in [0.29, 0.717) is 23.7 Å². The van der Waals surface area contributed by atoms with Crippen LogP contribution in [0.15, 0.2) is 79.8 Å². The van der Waals surface area contributed by atoms with Gasteiger partial charge < -0.3 is 4.57 Å². The number of imidazole rings is 1. The molecule has 2 N–H and O–H groups in total. The number of hydrazone groups is 1. The van der Waals surface area contributed by atoms with Gasteiger partial charge in [0.15, 0.2) is 11.2 Å². The van der Waals surface area contributed by atoms with E-state index in [1.165, 1.54) is 10.1 Å². The summed E-state index contributed by atoms with van der Waals surface area (Å²) in [6, 6.07) is 20.0. The topological polar surface area (TPSA) is 97.1 Å². The summed E-state index contributed by atoms with van der Waals surface area (Å²) < 4.78 is 3.85. The third kappa shape index (κ3) is 5.38. The van der Waals surface area contributed by atoms with Gasteiger partial charge in [0.25, 0.3) is 5.56 Å². The Kier molecular flexibility index (Phi) is 6.99. The highest BCUT2D eigenvalue weighted by Gasteiger charge is 2.17. The van der Waals surface area contributed by atoms with Gasteiger partial charge in [-0.1, -0.05) is 60.7 Å². The lowest BCUT2D eigenvalue weighted by molar-refractivity contribution is 0.659. The van der Waals surface area contributed by atoms with Crippen molar-refractivity contribution < 1.29 is 0 Å². The number of fused-ring (bicyclic) bond motifs is 1. The Balaban J connectivity index is 1.60. The van der Waals surface area contributed by atoms with Gasteiger partial charge in [-0.3, -0.25) is 14.3 Å². The van der Waals surface area contributed by atoms with E-state index < -0.39 is 11.2 Å². The molecule has 2 aromatic carbocycles. The molecule has 0 unspecified atom stereocenters. The lowest BCUT2D eigenvalue weighted by atomic mass is 10.1. The highest BCUT2D eigenvalue weighted by atomic mass is 79.9. The second-order valence-corrected chi connectivity index (χ2v) is 8.39. The van der Waals surface area contributed by atoms with Crippen molar-refractivity contribution in [3.63, 3.8) is 0 Å². The van der Waals surface area contributed by atoms with Gasteiger partial charge in [-0.15, -0.1) is 0 Å². The molecule has 33 heavy (non-hydrogen) atoms. The summed E-state index contributed by atoms with van der Waals surface area (Å²) in [5, 5.41) is 4.27. The Hall–Kier alpha value is -3.72. The zero-order valence-corrected chi connectivity index (χ0v) is 19.6. The number of benzene rings is 2. The fraction of sp³-hybridized carbons (Fsp3) is 0.167.